The van der Waals surface area contributed by atoms with Crippen molar-refractivity contribution in [3.63, 3.8) is 0 Å². The number of aliphatic carboxylic acids is 1. The molecule has 80 valence electrons. The summed E-state index contributed by atoms with van der Waals surface area (Å²) < 4.78 is 5.48. The second-order valence-electron chi connectivity index (χ2n) is 3.70. The number of aryl methyl sites for hydroxylation is 1. The van der Waals surface area contributed by atoms with E-state index in [1.54, 1.807) is 11.9 Å². The average Bonchev–Trinajstić information content (AvgIpc) is 2.19. The highest BCUT2D eigenvalue weighted by molar-refractivity contribution is 5.80. The van der Waals surface area contributed by atoms with E-state index in [4.69, 9.17) is 9.84 Å². The van der Waals surface area contributed by atoms with Crippen LogP contribution in [0.15, 0.2) is 18.2 Å². The van der Waals surface area contributed by atoms with Gasteiger partial charge in [-0.2, -0.15) is 0 Å². The number of anilines is 1. The molecule has 0 radical (unpaired) electrons. The fourth-order valence-corrected chi connectivity index (χ4v) is 1.78. The second kappa shape index (κ2) is 3.46. The van der Waals surface area contributed by atoms with Crippen molar-refractivity contribution < 1.29 is 14.6 Å². The highest BCUT2D eigenvalue weighted by Gasteiger charge is 2.30. The summed E-state index contributed by atoms with van der Waals surface area (Å²) in [6.07, 6.45) is 0. The van der Waals surface area contributed by atoms with Crippen LogP contribution in [0.25, 0.3) is 0 Å². The summed E-state index contributed by atoms with van der Waals surface area (Å²) in [7, 11) is 1.78. The number of hydrogen-bond donors (Lipinski definition) is 1. The predicted octanol–water partition coefficient (Wildman–Crippen LogP) is 1.28. The number of carboxylic acids is 1. The van der Waals surface area contributed by atoms with Crippen molar-refractivity contribution in [2.45, 2.75) is 13.0 Å². The zero-order valence-electron chi connectivity index (χ0n) is 8.73. The first-order valence-electron chi connectivity index (χ1n) is 4.79. The van der Waals surface area contributed by atoms with Gasteiger partial charge in [0.05, 0.1) is 5.69 Å². The highest BCUT2D eigenvalue weighted by atomic mass is 16.5. The molecule has 0 aliphatic carbocycles. The van der Waals surface area contributed by atoms with E-state index in [0.717, 1.165) is 17.0 Å². The Morgan fingerprint density at radius 1 is 1.60 bits per heavy atom. The Morgan fingerprint density at radius 3 is 3.00 bits per heavy atom. The lowest BCUT2D eigenvalue weighted by Gasteiger charge is -2.33. The number of rotatable bonds is 1. The summed E-state index contributed by atoms with van der Waals surface area (Å²) in [5.74, 6) is -0.0674. The molecule has 1 unspecified atom stereocenters. The summed E-state index contributed by atoms with van der Waals surface area (Å²) in [5, 5.41) is 8.98. The van der Waals surface area contributed by atoms with Gasteiger partial charge in [-0.1, -0.05) is 12.1 Å². The van der Waals surface area contributed by atoms with E-state index >= 15 is 0 Å². The van der Waals surface area contributed by atoms with Crippen molar-refractivity contribution >= 4 is 11.7 Å². The van der Waals surface area contributed by atoms with E-state index in [0.29, 0.717) is 0 Å². The van der Waals surface area contributed by atoms with E-state index in [2.05, 4.69) is 0 Å². The molecule has 0 aromatic heterocycles. The molecule has 0 saturated carbocycles. The standard InChI is InChI=1S/C11H13NO3/c1-7-4-3-5-8-10(7)15-6-9(11(13)14)12(8)2/h3-5,9H,6H2,1-2H3,(H,13,14). The molecular formula is C11H13NO3. The minimum absolute atomic E-state index is 0.198. The normalized spacial score (nSPS) is 19.3. The Morgan fingerprint density at radius 2 is 2.33 bits per heavy atom. The number of benzene rings is 1. The van der Waals surface area contributed by atoms with Gasteiger partial charge in [-0.25, -0.2) is 4.79 Å². The lowest BCUT2D eigenvalue weighted by atomic mass is 10.1. The Hall–Kier alpha value is -1.71. The summed E-state index contributed by atoms with van der Waals surface area (Å²) >= 11 is 0. The Bertz CT molecular complexity index is 403. The van der Waals surface area contributed by atoms with Crippen molar-refractivity contribution in [1.82, 2.24) is 0 Å². The molecule has 4 heteroatoms. The number of fused-ring (bicyclic) bond motifs is 1. The molecule has 15 heavy (non-hydrogen) atoms. The summed E-state index contributed by atoms with van der Waals surface area (Å²) in [6, 6.07) is 5.13. The molecule has 1 aromatic rings. The van der Waals surface area contributed by atoms with Gasteiger partial charge >= 0.3 is 5.97 Å². The predicted molar refractivity (Wildman–Crippen MR) is 56.5 cm³/mol. The maximum Gasteiger partial charge on any atom is 0.329 e. The van der Waals surface area contributed by atoms with Crippen LogP contribution in [-0.2, 0) is 4.79 Å². The third kappa shape index (κ3) is 1.52. The number of hydrogen-bond acceptors (Lipinski definition) is 3. The second-order valence-corrected chi connectivity index (χ2v) is 3.70. The molecule has 1 atom stereocenters. The van der Waals surface area contributed by atoms with Crippen molar-refractivity contribution in [3.8, 4) is 5.75 Å². The van der Waals surface area contributed by atoms with Crippen LogP contribution < -0.4 is 9.64 Å². The molecule has 1 aliphatic rings. The number of para-hydroxylation sites is 1. The molecule has 1 N–H and O–H groups in total. The van der Waals surface area contributed by atoms with Gasteiger partial charge in [-0.3, -0.25) is 0 Å². The summed E-state index contributed by atoms with van der Waals surface area (Å²) in [5.41, 5.74) is 1.87. The smallest absolute Gasteiger partial charge is 0.329 e. The van der Waals surface area contributed by atoms with Gasteiger partial charge in [-0.15, -0.1) is 0 Å². The van der Waals surface area contributed by atoms with Gasteiger partial charge in [-0.05, 0) is 18.6 Å². The molecule has 1 aromatic carbocycles. The molecule has 1 heterocycles. The van der Waals surface area contributed by atoms with E-state index in [9.17, 15) is 4.79 Å². The maximum atomic E-state index is 10.9. The molecular weight excluding hydrogens is 194 g/mol. The average molecular weight is 207 g/mol. The van der Waals surface area contributed by atoms with Crippen molar-refractivity contribution in [2.24, 2.45) is 0 Å². The van der Waals surface area contributed by atoms with E-state index < -0.39 is 12.0 Å². The molecule has 0 bridgehead atoms. The van der Waals surface area contributed by atoms with Crippen LogP contribution in [-0.4, -0.2) is 30.8 Å². The van der Waals surface area contributed by atoms with Crippen LogP contribution in [0.5, 0.6) is 5.75 Å². The Labute approximate surface area is 88.1 Å². The van der Waals surface area contributed by atoms with Crippen molar-refractivity contribution in [2.75, 3.05) is 18.6 Å². The van der Waals surface area contributed by atoms with Crippen LogP contribution >= 0.6 is 0 Å². The third-order valence-electron chi connectivity index (χ3n) is 2.71. The summed E-state index contributed by atoms with van der Waals surface area (Å²) in [4.78, 5) is 12.7. The first-order chi connectivity index (χ1) is 7.11. The minimum atomic E-state index is -0.857. The van der Waals surface area contributed by atoms with Gasteiger partial charge in [0.1, 0.15) is 12.4 Å². The first-order valence-corrected chi connectivity index (χ1v) is 4.79. The fraction of sp³-hybridized carbons (Fsp3) is 0.364. The molecule has 1 aliphatic heterocycles. The SMILES string of the molecule is Cc1cccc2c1OCC(C(=O)O)N2C. The number of ether oxygens (including phenoxy) is 1. The number of likely N-dealkylation sites (N-methyl/N-ethyl adjacent to an activating group) is 1. The van der Waals surface area contributed by atoms with Crippen LogP contribution in [0.1, 0.15) is 5.56 Å². The highest BCUT2D eigenvalue weighted by Crippen LogP contribution is 2.35. The van der Waals surface area contributed by atoms with Crippen molar-refractivity contribution in [1.29, 1.82) is 0 Å². The van der Waals surface area contributed by atoms with Crippen LogP contribution in [0, 0.1) is 6.92 Å². The Balaban J connectivity index is 2.42. The summed E-state index contributed by atoms with van der Waals surface area (Å²) in [6.45, 7) is 2.15. The topological polar surface area (TPSA) is 49.8 Å². The molecule has 0 saturated heterocycles. The Kier molecular flexibility index (Phi) is 2.26. The van der Waals surface area contributed by atoms with Crippen LogP contribution in [0.2, 0.25) is 0 Å². The van der Waals surface area contributed by atoms with E-state index in [1.165, 1.54) is 0 Å². The first kappa shape index (κ1) is 9.83. The van der Waals surface area contributed by atoms with Gasteiger partial charge in [0.2, 0.25) is 0 Å². The quantitative estimate of drug-likeness (QED) is 0.753. The van der Waals surface area contributed by atoms with Gasteiger partial charge in [0.15, 0.2) is 6.04 Å². The van der Waals surface area contributed by atoms with E-state index in [1.807, 2.05) is 25.1 Å². The lowest BCUT2D eigenvalue weighted by molar-refractivity contribution is -0.139. The number of nitrogens with zero attached hydrogens (tertiary/aromatic N) is 1. The zero-order valence-corrected chi connectivity index (χ0v) is 8.73. The number of carboxylic acid groups (broad SMARTS) is 1. The molecule has 2 rings (SSSR count). The third-order valence-corrected chi connectivity index (χ3v) is 2.71. The van der Waals surface area contributed by atoms with Gasteiger partial charge < -0.3 is 14.7 Å². The minimum Gasteiger partial charge on any atom is -0.488 e. The van der Waals surface area contributed by atoms with Gasteiger partial charge in [0, 0.05) is 7.05 Å². The van der Waals surface area contributed by atoms with Crippen LogP contribution in [0.3, 0.4) is 0 Å². The molecule has 0 amide bonds. The largest absolute Gasteiger partial charge is 0.488 e. The number of carbonyl (C=O) groups is 1. The van der Waals surface area contributed by atoms with Crippen LogP contribution in [0.4, 0.5) is 5.69 Å². The lowest BCUT2D eigenvalue weighted by Crippen LogP contribution is -2.46. The van der Waals surface area contributed by atoms with Gasteiger partial charge in [0.25, 0.3) is 0 Å². The monoisotopic (exact) mass is 207 g/mol. The fourth-order valence-electron chi connectivity index (χ4n) is 1.78. The maximum absolute atomic E-state index is 10.9. The molecule has 0 fully saturated rings. The molecule has 4 nitrogen and oxygen atoms in total. The van der Waals surface area contributed by atoms with Crippen molar-refractivity contribution in [3.05, 3.63) is 23.8 Å². The zero-order chi connectivity index (χ0) is 11.0. The van der Waals surface area contributed by atoms with E-state index in [-0.39, 0.29) is 6.61 Å². The molecule has 0 spiro atoms.